The summed E-state index contributed by atoms with van der Waals surface area (Å²) in [5, 5.41) is 0.666. The van der Waals surface area contributed by atoms with Crippen molar-refractivity contribution < 1.29 is 33.4 Å². The molecule has 14 heteroatoms. The molecule has 12 nitrogen and oxygen atoms in total. The molecule has 2 heterocycles. The quantitative estimate of drug-likeness (QED) is 0.240. The van der Waals surface area contributed by atoms with Crippen LogP contribution in [-0.2, 0) is 15.7 Å². The Morgan fingerprint density at radius 2 is 1.61 bits per heavy atom. The van der Waals surface area contributed by atoms with Crippen LogP contribution in [0.15, 0.2) is 36.8 Å². The molecule has 3 rings (SSSR count). The summed E-state index contributed by atoms with van der Waals surface area (Å²) in [6, 6.07) is 7.42. The highest BCUT2D eigenvalue weighted by atomic mass is 31.2. The van der Waals surface area contributed by atoms with Crippen molar-refractivity contribution in [2.24, 2.45) is 0 Å². The predicted molar refractivity (Wildman–Crippen MR) is 124 cm³/mol. The van der Waals surface area contributed by atoms with Crippen LogP contribution in [0.3, 0.4) is 0 Å². The molecule has 0 unspecified atom stereocenters. The normalized spacial score (nSPS) is 12.5. The van der Waals surface area contributed by atoms with Gasteiger partial charge in [0.05, 0.1) is 24.8 Å². The fourth-order valence-electron chi connectivity index (χ4n) is 3.43. The van der Waals surface area contributed by atoms with Crippen molar-refractivity contribution in [3.63, 3.8) is 0 Å². The third kappa shape index (κ3) is 7.09. The van der Waals surface area contributed by atoms with Crippen LogP contribution in [0.4, 0.5) is 5.82 Å². The lowest BCUT2D eigenvalue weighted by Crippen LogP contribution is -2.32. The molecule has 0 bridgehead atoms. The van der Waals surface area contributed by atoms with Gasteiger partial charge in [0.2, 0.25) is 0 Å². The summed E-state index contributed by atoms with van der Waals surface area (Å²) < 4.78 is 29.6. The van der Waals surface area contributed by atoms with Crippen LogP contribution in [-0.4, -0.2) is 78.1 Å². The minimum Gasteiger partial charge on any atom is -0.497 e. The molecule has 0 radical (unpaired) electrons. The Labute approximate surface area is 190 Å². The average Bonchev–Trinajstić information content (AvgIpc) is 3.12. The maximum atomic E-state index is 11.3. The number of benzene rings is 1. The Hall–Kier alpha value is -2.30. The number of hydrogen-bond acceptors (Lipinski definition) is 7. The molecule has 0 spiro atoms. The van der Waals surface area contributed by atoms with Crippen LogP contribution < -0.4 is 10.5 Å². The zero-order valence-electron chi connectivity index (χ0n) is 18.0. The van der Waals surface area contributed by atoms with E-state index in [9.17, 15) is 28.7 Å². The molecule has 2 aromatic heterocycles. The second-order valence-corrected chi connectivity index (χ2v) is 11.1. The Morgan fingerprint density at radius 3 is 2.15 bits per heavy atom. The summed E-state index contributed by atoms with van der Waals surface area (Å²) in [6.45, 7) is 0.624. The van der Waals surface area contributed by atoms with E-state index in [-0.39, 0.29) is 19.6 Å². The van der Waals surface area contributed by atoms with Crippen LogP contribution >= 0.6 is 15.2 Å². The van der Waals surface area contributed by atoms with Gasteiger partial charge in [-0.1, -0.05) is 12.1 Å². The van der Waals surface area contributed by atoms with E-state index in [2.05, 4.69) is 9.97 Å². The molecular formula is C19H27N5O7P2. The lowest BCUT2D eigenvalue weighted by atomic mass is 10.1. The Morgan fingerprint density at radius 1 is 1.00 bits per heavy atom. The SMILES string of the molecule is COc1ccc(-c2cn(CCN(CCP(=O)(O)O)CCP(=O)(O)O)c3ncnc(N)c23)cc1. The predicted octanol–water partition coefficient (Wildman–Crippen LogP) is 1.35. The fraction of sp³-hybridized carbons (Fsp3) is 0.368. The molecule has 1 aromatic carbocycles. The summed E-state index contributed by atoms with van der Waals surface area (Å²) >= 11 is 0. The summed E-state index contributed by atoms with van der Waals surface area (Å²) in [5.74, 6) is 1.02. The van der Waals surface area contributed by atoms with Gasteiger partial charge in [-0.2, -0.15) is 0 Å². The monoisotopic (exact) mass is 499 g/mol. The van der Waals surface area contributed by atoms with Crippen LogP contribution in [0.25, 0.3) is 22.2 Å². The van der Waals surface area contributed by atoms with E-state index in [0.717, 1.165) is 11.1 Å². The molecule has 33 heavy (non-hydrogen) atoms. The fourth-order valence-corrected chi connectivity index (χ4v) is 4.52. The minimum absolute atomic E-state index is 0.00800. The average molecular weight is 499 g/mol. The number of fused-ring (bicyclic) bond motifs is 1. The minimum atomic E-state index is -4.26. The molecule has 0 aliphatic carbocycles. The Bertz CT molecular complexity index is 1160. The Kier molecular flexibility index (Phi) is 7.92. The van der Waals surface area contributed by atoms with Crippen molar-refractivity contribution in [1.29, 1.82) is 0 Å². The molecule has 0 aliphatic heterocycles. The first-order valence-corrected chi connectivity index (χ1v) is 13.6. The number of nitrogen functional groups attached to an aromatic ring is 1. The van der Waals surface area contributed by atoms with Gasteiger partial charge >= 0.3 is 15.2 Å². The van der Waals surface area contributed by atoms with Crippen LogP contribution in [0.2, 0.25) is 0 Å². The molecule has 0 amide bonds. The van der Waals surface area contributed by atoms with E-state index in [4.69, 9.17) is 10.5 Å². The van der Waals surface area contributed by atoms with Crippen molar-refractivity contribution in [2.45, 2.75) is 6.54 Å². The number of anilines is 1. The van der Waals surface area contributed by atoms with E-state index in [1.54, 1.807) is 12.0 Å². The standard InChI is InChI=1S/C19H27N5O7P2/c1-31-15-4-2-14(3-5-15)16-12-24(19-17(16)18(20)21-13-22-19)7-6-23(8-10-32(25,26)27)9-11-33(28,29)30/h2-5,12-13H,6-11H2,1H3,(H2,20,21,22)(H2,25,26,27)(H2,28,29,30). The van der Waals surface area contributed by atoms with Crippen LogP contribution in [0.1, 0.15) is 0 Å². The first-order chi connectivity index (χ1) is 15.5. The lowest BCUT2D eigenvalue weighted by molar-refractivity contribution is 0.275. The second kappa shape index (κ2) is 10.3. The molecule has 0 saturated carbocycles. The zero-order chi connectivity index (χ0) is 24.2. The van der Waals surface area contributed by atoms with Gasteiger partial charge in [-0.25, -0.2) is 9.97 Å². The van der Waals surface area contributed by atoms with Crippen molar-refractivity contribution in [1.82, 2.24) is 19.4 Å². The Balaban J connectivity index is 1.87. The van der Waals surface area contributed by atoms with Crippen LogP contribution in [0, 0.1) is 0 Å². The smallest absolute Gasteiger partial charge is 0.326 e. The number of nitrogens with zero attached hydrogens (tertiary/aromatic N) is 4. The van der Waals surface area contributed by atoms with Crippen molar-refractivity contribution in [2.75, 3.05) is 44.8 Å². The molecule has 0 atom stereocenters. The van der Waals surface area contributed by atoms with E-state index >= 15 is 0 Å². The number of nitrogens with two attached hydrogens (primary N) is 1. The van der Waals surface area contributed by atoms with Gasteiger partial charge in [-0.3, -0.25) is 9.13 Å². The van der Waals surface area contributed by atoms with Crippen molar-refractivity contribution >= 4 is 32.0 Å². The summed E-state index contributed by atoms with van der Waals surface area (Å²) in [5.41, 5.74) is 8.40. The van der Waals surface area contributed by atoms with Gasteiger partial charge in [-0.15, -0.1) is 0 Å². The molecule has 0 saturated heterocycles. The van der Waals surface area contributed by atoms with Gasteiger partial charge in [0.1, 0.15) is 23.5 Å². The second-order valence-electron chi connectivity index (χ2n) is 7.54. The number of methoxy groups -OCH3 is 1. The van der Waals surface area contributed by atoms with Gasteiger partial charge < -0.3 is 39.5 Å². The third-order valence-electron chi connectivity index (χ3n) is 5.16. The molecule has 180 valence electrons. The van der Waals surface area contributed by atoms with Gasteiger partial charge in [-0.05, 0) is 17.7 Å². The number of ether oxygens (including phenoxy) is 1. The maximum absolute atomic E-state index is 11.3. The number of hydrogen-bond donors (Lipinski definition) is 5. The highest BCUT2D eigenvalue weighted by molar-refractivity contribution is 7.52. The van der Waals surface area contributed by atoms with Crippen molar-refractivity contribution in [3.05, 3.63) is 36.8 Å². The zero-order valence-corrected chi connectivity index (χ0v) is 19.8. The number of rotatable bonds is 11. The number of aromatic nitrogens is 3. The van der Waals surface area contributed by atoms with Crippen molar-refractivity contribution in [3.8, 4) is 16.9 Å². The summed E-state index contributed by atoms with van der Waals surface area (Å²) in [4.78, 5) is 46.9. The molecule has 6 N–H and O–H groups in total. The largest absolute Gasteiger partial charge is 0.497 e. The maximum Gasteiger partial charge on any atom is 0.326 e. The van der Waals surface area contributed by atoms with E-state index in [0.29, 0.717) is 29.1 Å². The molecular weight excluding hydrogens is 472 g/mol. The first kappa shape index (κ1) is 25.3. The molecule has 3 aromatic rings. The van der Waals surface area contributed by atoms with Gasteiger partial charge in [0, 0.05) is 37.9 Å². The topological polar surface area (TPSA) is 184 Å². The lowest BCUT2D eigenvalue weighted by Gasteiger charge is -2.23. The molecule has 0 fully saturated rings. The molecule has 0 aliphatic rings. The highest BCUT2D eigenvalue weighted by Crippen LogP contribution is 2.36. The van der Waals surface area contributed by atoms with E-state index < -0.39 is 27.5 Å². The summed E-state index contributed by atoms with van der Waals surface area (Å²) in [7, 11) is -6.94. The van der Waals surface area contributed by atoms with Crippen LogP contribution in [0.5, 0.6) is 5.75 Å². The third-order valence-corrected chi connectivity index (χ3v) is 6.72. The van der Waals surface area contributed by atoms with Gasteiger partial charge in [0.25, 0.3) is 0 Å². The van der Waals surface area contributed by atoms with Gasteiger partial charge in [0.15, 0.2) is 0 Å². The highest BCUT2D eigenvalue weighted by Gasteiger charge is 2.21. The van der Waals surface area contributed by atoms with E-state index in [1.807, 2.05) is 35.0 Å². The summed E-state index contributed by atoms with van der Waals surface area (Å²) in [6.07, 6.45) is 2.40. The van der Waals surface area contributed by atoms with E-state index in [1.165, 1.54) is 6.33 Å². The first-order valence-electron chi connectivity index (χ1n) is 10.0.